The molecule has 8 nitrogen and oxygen atoms in total. The lowest BCUT2D eigenvalue weighted by Crippen LogP contribution is -2.21. The largest absolute Gasteiger partial charge is 0.507 e. The molecule has 6 rings (SSSR count). The maximum atomic E-state index is 10.5. The molecule has 1 aliphatic rings. The molecule has 1 saturated heterocycles. The van der Waals surface area contributed by atoms with Crippen LogP contribution in [-0.4, -0.2) is 42.9 Å². The maximum Gasteiger partial charge on any atom is 0.164 e. The normalized spacial score (nSPS) is 13.9. The quantitative estimate of drug-likeness (QED) is 0.438. The van der Waals surface area contributed by atoms with Gasteiger partial charge in [0.15, 0.2) is 5.65 Å². The standard InChI is InChI=1S/C25H23N7O/c26-23-21-22(18-8-2-4-10-20(18)33)30-32(25(21)28-15-27-23)14-17-13-16-7-1-3-9-19(16)29-24(17)31-11-5-6-12-31/h1-4,7-10,13,15,33H,5-6,11-12,14H2,(H2,26,27,28). The van der Waals surface area contributed by atoms with Crippen molar-refractivity contribution in [2.75, 3.05) is 23.7 Å². The Morgan fingerprint density at radius 3 is 2.61 bits per heavy atom. The van der Waals surface area contributed by atoms with Crippen molar-refractivity contribution in [1.82, 2.24) is 24.7 Å². The predicted molar refractivity (Wildman–Crippen MR) is 129 cm³/mol. The Hall–Kier alpha value is -4.20. The van der Waals surface area contributed by atoms with Gasteiger partial charge in [0.25, 0.3) is 0 Å². The third kappa shape index (κ3) is 3.31. The monoisotopic (exact) mass is 437 g/mol. The molecule has 3 N–H and O–H groups in total. The van der Waals surface area contributed by atoms with Crippen molar-refractivity contribution >= 4 is 33.6 Å². The van der Waals surface area contributed by atoms with Gasteiger partial charge in [-0.05, 0) is 37.1 Å². The third-order valence-corrected chi connectivity index (χ3v) is 6.22. The summed E-state index contributed by atoms with van der Waals surface area (Å²) in [4.78, 5) is 16.0. The van der Waals surface area contributed by atoms with Gasteiger partial charge in [-0.3, -0.25) is 0 Å². The number of aromatic hydroxyl groups is 1. The van der Waals surface area contributed by atoms with Crippen molar-refractivity contribution in [2.45, 2.75) is 19.4 Å². The number of pyridine rings is 1. The zero-order valence-corrected chi connectivity index (χ0v) is 18.0. The van der Waals surface area contributed by atoms with Crippen LogP contribution in [0.1, 0.15) is 18.4 Å². The maximum absolute atomic E-state index is 10.5. The molecule has 0 bridgehead atoms. The highest BCUT2D eigenvalue weighted by atomic mass is 16.3. The van der Waals surface area contributed by atoms with Crippen molar-refractivity contribution < 1.29 is 5.11 Å². The summed E-state index contributed by atoms with van der Waals surface area (Å²) < 4.78 is 1.83. The molecule has 164 valence electrons. The first kappa shape index (κ1) is 19.5. The second-order valence-electron chi connectivity index (χ2n) is 8.34. The van der Waals surface area contributed by atoms with E-state index < -0.39 is 0 Å². The lowest BCUT2D eigenvalue weighted by atomic mass is 10.1. The fourth-order valence-electron chi connectivity index (χ4n) is 4.63. The Kier molecular flexibility index (Phi) is 4.57. The second kappa shape index (κ2) is 7.74. The van der Waals surface area contributed by atoms with Crippen LogP contribution in [-0.2, 0) is 6.54 Å². The van der Waals surface area contributed by atoms with E-state index in [4.69, 9.17) is 15.8 Å². The fourth-order valence-corrected chi connectivity index (χ4v) is 4.63. The van der Waals surface area contributed by atoms with Gasteiger partial charge in [-0.15, -0.1) is 0 Å². The molecule has 1 aliphatic heterocycles. The summed E-state index contributed by atoms with van der Waals surface area (Å²) in [6.45, 7) is 2.47. The Balaban J connectivity index is 1.54. The van der Waals surface area contributed by atoms with E-state index in [1.165, 1.54) is 19.2 Å². The molecule has 1 fully saturated rings. The van der Waals surface area contributed by atoms with Gasteiger partial charge < -0.3 is 15.7 Å². The summed E-state index contributed by atoms with van der Waals surface area (Å²) in [5.74, 6) is 1.46. The van der Waals surface area contributed by atoms with Gasteiger partial charge in [0.2, 0.25) is 0 Å². The number of anilines is 2. The average Bonchev–Trinajstić information content (AvgIpc) is 3.49. The van der Waals surface area contributed by atoms with E-state index >= 15 is 0 Å². The molecule has 8 heteroatoms. The highest BCUT2D eigenvalue weighted by Crippen LogP contribution is 2.36. The van der Waals surface area contributed by atoms with Crippen LogP contribution in [0.3, 0.4) is 0 Å². The molecule has 5 aromatic rings. The Bertz CT molecular complexity index is 1490. The summed E-state index contributed by atoms with van der Waals surface area (Å²) in [6.07, 6.45) is 3.78. The zero-order valence-electron chi connectivity index (χ0n) is 18.0. The van der Waals surface area contributed by atoms with E-state index in [0.29, 0.717) is 34.7 Å². The van der Waals surface area contributed by atoms with Gasteiger partial charge in [0, 0.05) is 29.6 Å². The highest BCUT2D eigenvalue weighted by molar-refractivity contribution is 5.99. The van der Waals surface area contributed by atoms with E-state index in [1.54, 1.807) is 12.1 Å². The minimum atomic E-state index is 0.137. The summed E-state index contributed by atoms with van der Waals surface area (Å²) in [5.41, 5.74) is 10.1. The fraction of sp³-hybridized carbons (Fsp3) is 0.200. The van der Waals surface area contributed by atoms with Crippen LogP contribution in [0.25, 0.3) is 33.2 Å². The van der Waals surface area contributed by atoms with Crippen molar-refractivity contribution in [2.24, 2.45) is 0 Å². The number of aromatic nitrogens is 5. The number of nitrogens with zero attached hydrogens (tertiary/aromatic N) is 6. The lowest BCUT2D eigenvalue weighted by molar-refractivity contribution is 0.477. The van der Waals surface area contributed by atoms with Gasteiger partial charge in [-0.25, -0.2) is 19.6 Å². The first-order chi connectivity index (χ1) is 16.2. The second-order valence-corrected chi connectivity index (χ2v) is 8.34. The molecule has 2 aromatic carbocycles. The number of phenolic OH excluding ortho intramolecular Hbond substituents is 1. The molecule has 0 atom stereocenters. The molecular weight excluding hydrogens is 414 g/mol. The number of nitrogens with two attached hydrogens (primary N) is 1. The number of benzene rings is 2. The molecule has 33 heavy (non-hydrogen) atoms. The number of hydrogen-bond acceptors (Lipinski definition) is 7. The van der Waals surface area contributed by atoms with Gasteiger partial charge in [-0.1, -0.05) is 30.3 Å². The van der Waals surface area contributed by atoms with Crippen LogP contribution < -0.4 is 10.6 Å². The summed E-state index contributed by atoms with van der Waals surface area (Å²) in [7, 11) is 0. The van der Waals surface area contributed by atoms with Crippen LogP contribution in [0.5, 0.6) is 5.75 Å². The van der Waals surface area contributed by atoms with E-state index in [-0.39, 0.29) is 5.75 Å². The van der Waals surface area contributed by atoms with Crippen molar-refractivity contribution in [1.29, 1.82) is 0 Å². The molecule has 0 amide bonds. The summed E-state index contributed by atoms with van der Waals surface area (Å²) >= 11 is 0. The van der Waals surface area contributed by atoms with Crippen molar-refractivity contribution in [3.8, 4) is 17.0 Å². The van der Waals surface area contributed by atoms with Crippen LogP contribution >= 0.6 is 0 Å². The van der Waals surface area contributed by atoms with Crippen molar-refractivity contribution in [3.63, 3.8) is 0 Å². The minimum absolute atomic E-state index is 0.137. The van der Waals surface area contributed by atoms with Crippen LogP contribution in [0.15, 0.2) is 60.9 Å². The van der Waals surface area contributed by atoms with Crippen LogP contribution in [0.2, 0.25) is 0 Å². The van der Waals surface area contributed by atoms with Crippen molar-refractivity contribution in [3.05, 3.63) is 66.5 Å². The third-order valence-electron chi connectivity index (χ3n) is 6.22. The number of para-hydroxylation sites is 2. The predicted octanol–water partition coefficient (Wildman–Crippen LogP) is 3.98. The van der Waals surface area contributed by atoms with Gasteiger partial charge in [0.05, 0.1) is 17.4 Å². The SMILES string of the molecule is Nc1ncnc2c1c(-c1ccccc1O)nn2Cc1cc2ccccc2nc1N1CCCC1. The molecule has 0 aliphatic carbocycles. The van der Waals surface area contributed by atoms with Gasteiger partial charge >= 0.3 is 0 Å². The topological polar surface area (TPSA) is 106 Å². The van der Waals surface area contributed by atoms with Crippen LogP contribution in [0.4, 0.5) is 11.6 Å². The van der Waals surface area contributed by atoms with Gasteiger partial charge in [0.1, 0.15) is 29.4 Å². The smallest absolute Gasteiger partial charge is 0.164 e. The number of rotatable bonds is 4. The van der Waals surface area contributed by atoms with Crippen LogP contribution in [0, 0.1) is 0 Å². The number of phenols is 1. The lowest BCUT2D eigenvalue weighted by Gasteiger charge is -2.21. The van der Waals surface area contributed by atoms with E-state index in [2.05, 4.69) is 27.0 Å². The number of fused-ring (bicyclic) bond motifs is 2. The minimum Gasteiger partial charge on any atom is -0.507 e. The molecule has 0 saturated carbocycles. The average molecular weight is 438 g/mol. The Morgan fingerprint density at radius 1 is 0.970 bits per heavy atom. The molecule has 3 aromatic heterocycles. The van der Waals surface area contributed by atoms with E-state index in [9.17, 15) is 5.11 Å². The summed E-state index contributed by atoms with van der Waals surface area (Å²) in [6, 6.07) is 17.5. The Labute approximate surface area is 190 Å². The first-order valence-corrected chi connectivity index (χ1v) is 11.1. The highest BCUT2D eigenvalue weighted by Gasteiger charge is 2.22. The molecule has 0 radical (unpaired) electrons. The van der Waals surface area contributed by atoms with E-state index in [1.807, 2.05) is 35.0 Å². The molecule has 0 unspecified atom stereocenters. The summed E-state index contributed by atoms with van der Waals surface area (Å²) in [5, 5.41) is 17.0. The first-order valence-electron chi connectivity index (χ1n) is 11.1. The molecule has 0 spiro atoms. The zero-order chi connectivity index (χ0) is 22.4. The van der Waals surface area contributed by atoms with Gasteiger partial charge in [-0.2, -0.15) is 5.10 Å². The molecular formula is C25H23N7O. The number of nitrogen functional groups attached to an aromatic ring is 1. The Morgan fingerprint density at radius 2 is 1.76 bits per heavy atom. The van der Waals surface area contributed by atoms with E-state index in [0.717, 1.165) is 35.4 Å². The molecule has 4 heterocycles. The number of hydrogen-bond donors (Lipinski definition) is 2.